The van der Waals surface area contributed by atoms with Gasteiger partial charge < -0.3 is 9.30 Å². The summed E-state index contributed by atoms with van der Waals surface area (Å²) in [5, 5.41) is 0. The molecule has 1 unspecified atom stereocenters. The van der Waals surface area contributed by atoms with Crippen LogP contribution in [0.3, 0.4) is 0 Å². The molecule has 0 bridgehead atoms. The van der Waals surface area contributed by atoms with Gasteiger partial charge in [-0.1, -0.05) is 30.3 Å². The summed E-state index contributed by atoms with van der Waals surface area (Å²) in [5.74, 6) is 1.93. The molecular weight excluding hydrogens is 280 g/mol. The van der Waals surface area contributed by atoms with Crippen LogP contribution in [0.4, 0.5) is 0 Å². The van der Waals surface area contributed by atoms with E-state index in [1.165, 1.54) is 5.56 Å². The van der Waals surface area contributed by atoms with Crippen molar-refractivity contribution >= 4 is 17.7 Å². The highest BCUT2D eigenvalue weighted by atomic mass is 32.2. The normalized spacial score (nSPS) is 17.6. The summed E-state index contributed by atoms with van der Waals surface area (Å²) in [6.45, 7) is 1.56. The number of nitrogens with zero attached hydrogens (tertiary/aromatic N) is 2. The number of benzene rings is 1. The SMILES string of the molecule is CSCCC1COC(c2cccn2Cc2ccccc2)=N1. The molecular formula is C17H20N2OS. The highest BCUT2D eigenvalue weighted by Crippen LogP contribution is 2.17. The number of ether oxygens (including phenoxy) is 1. The van der Waals surface area contributed by atoms with E-state index in [1.54, 1.807) is 0 Å². The standard InChI is InChI=1S/C17H20N2OS/c1-21-11-9-15-13-20-17(18-15)16-8-5-10-19(16)12-14-6-3-2-4-7-14/h2-8,10,15H,9,11-13H2,1H3. The Bertz CT molecular complexity index is 606. The van der Waals surface area contributed by atoms with Crippen LogP contribution < -0.4 is 0 Å². The molecule has 2 aromatic rings. The van der Waals surface area contributed by atoms with Crippen LogP contribution in [0.5, 0.6) is 0 Å². The summed E-state index contributed by atoms with van der Waals surface area (Å²) in [6, 6.07) is 14.9. The summed E-state index contributed by atoms with van der Waals surface area (Å²) >= 11 is 1.86. The first-order valence-electron chi connectivity index (χ1n) is 7.26. The summed E-state index contributed by atoms with van der Waals surface area (Å²) in [4.78, 5) is 4.73. The molecule has 3 nitrogen and oxygen atoms in total. The first kappa shape index (κ1) is 14.3. The van der Waals surface area contributed by atoms with E-state index in [0.29, 0.717) is 12.6 Å². The van der Waals surface area contributed by atoms with Crippen LogP contribution in [0, 0.1) is 0 Å². The van der Waals surface area contributed by atoms with Crippen LogP contribution in [0.25, 0.3) is 0 Å². The fourth-order valence-corrected chi connectivity index (χ4v) is 2.99. The van der Waals surface area contributed by atoms with Gasteiger partial charge in [-0.2, -0.15) is 11.8 Å². The number of hydrogen-bond donors (Lipinski definition) is 0. The van der Waals surface area contributed by atoms with Crippen LogP contribution in [0.15, 0.2) is 53.7 Å². The topological polar surface area (TPSA) is 26.5 Å². The molecule has 2 heterocycles. The molecule has 0 spiro atoms. The van der Waals surface area contributed by atoms with Crippen molar-refractivity contribution < 1.29 is 4.74 Å². The van der Waals surface area contributed by atoms with Gasteiger partial charge in [-0.25, -0.2) is 4.99 Å². The Balaban J connectivity index is 1.74. The van der Waals surface area contributed by atoms with Gasteiger partial charge in [-0.05, 0) is 36.1 Å². The van der Waals surface area contributed by atoms with E-state index in [0.717, 1.165) is 30.3 Å². The van der Waals surface area contributed by atoms with Crippen LogP contribution >= 0.6 is 11.8 Å². The lowest BCUT2D eigenvalue weighted by molar-refractivity contribution is 0.314. The third-order valence-electron chi connectivity index (χ3n) is 3.61. The van der Waals surface area contributed by atoms with Crippen molar-refractivity contribution in [3.8, 4) is 0 Å². The fraction of sp³-hybridized carbons (Fsp3) is 0.353. The van der Waals surface area contributed by atoms with E-state index >= 15 is 0 Å². The predicted octanol–water partition coefficient (Wildman–Crippen LogP) is 3.43. The number of aliphatic imine (C=N–C) groups is 1. The highest BCUT2D eigenvalue weighted by molar-refractivity contribution is 7.98. The smallest absolute Gasteiger partial charge is 0.233 e. The van der Waals surface area contributed by atoms with Gasteiger partial charge in [0.05, 0.1) is 6.04 Å². The first-order valence-corrected chi connectivity index (χ1v) is 8.65. The maximum Gasteiger partial charge on any atom is 0.233 e. The molecule has 0 saturated heterocycles. The lowest BCUT2D eigenvalue weighted by Crippen LogP contribution is -2.10. The van der Waals surface area contributed by atoms with E-state index in [2.05, 4.69) is 53.4 Å². The Kier molecular flexibility index (Phi) is 4.65. The van der Waals surface area contributed by atoms with Gasteiger partial charge in [0.15, 0.2) is 0 Å². The molecule has 0 aliphatic carbocycles. The second kappa shape index (κ2) is 6.85. The Morgan fingerprint density at radius 2 is 2.10 bits per heavy atom. The molecule has 110 valence electrons. The second-order valence-corrected chi connectivity index (χ2v) is 6.17. The zero-order chi connectivity index (χ0) is 14.5. The van der Waals surface area contributed by atoms with Crippen molar-refractivity contribution in [3.63, 3.8) is 0 Å². The van der Waals surface area contributed by atoms with Crippen LogP contribution in [-0.2, 0) is 11.3 Å². The van der Waals surface area contributed by atoms with Crippen molar-refractivity contribution in [2.24, 2.45) is 4.99 Å². The lowest BCUT2D eigenvalue weighted by Gasteiger charge is -2.08. The lowest BCUT2D eigenvalue weighted by atomic mass is 10.2. The molecule has 0 fully saturated rings. The molecule has 21 heavy (non-hydrogen) atoms. The minimum Gasteiger partial charge on any atom is -0.474 e. The monoisotopic (exact) mass is 300 g/mol. The molecule has 1 atom stereocenters. The van der Waals surface area contributed by atoms with Crippen LogP contribution in [0.2, 0.25) is 0 Å². The molecule has 1 aliphatic heterocycles. The second-order valence-electron chi connectivity index (χ2n) is 5.19. The third kappa shape index (κ3) is 3.50. The molecule has 3 rings (SSSR count). The van der Waals surface area contributed by atoms with Gasteiger partial charge in [-0.3, -0.25) is 0 Å². The van der Waals surface area contributed by atoms with E-state index in [-0.39, 0.29) is 0 Å². The van der Waals surface area contributed by atoms with Gasteiger partial charge in [0.1, 0.15) is 12.3 Å². The molecule has 1 aromatic carbocycles. The largest absolute Gasteiger partial charge is 0.474 e. The maximum absolute atomic E-state index is 5.81. The Labute approximate surface area is 130 Å². The van der Waals surface area contributed by atoms with Gasteiger partial charge in [0.25, 0.3) is 0 Å². The summed E-state index contributed by atoms with van der Waals surface area (Å²) < 4.78 is 8.00. The molecule has 4 heteroatoms. The maximum atomic E-state index is 5.81. The summed E-state index contributed by atoms with van der Waals surface area (Å²) in [5.41, 5.74) is 2.36. The van der Waals surface area contributed by atoms with Gasteiger partial charge in [-0.15, -0.1) is 0 Å². The molecule has 1 aliphatic rings. The quantitative estimate of drug-likeness (QED) is 0.817. The number of thioether (sulfide) groups is 1. The van der Waals surface area contributed by atoms with Crippen molar-refractivity contribution in [2.75, 3.05) is 18.6 Å². The van der Waals surface area contributed by atoms with E-state index < -0.39 is 0 Å². The van der Waals surface area contributed by atoms with Crippen molar-refractivity contribution in [1.29, 1.82) is 0 Å². The van der Waals surface area contributed by atoms with Crippen LogP contribution in [-0.4, -0.2) is 35.1 Å². The van der Waals surface area contributed by atoms with Crippen molar-refractivity contribution in [2.45, 2.75) is 19.0 Å². The number of rotatable bonds is 6. The minimum absolute atomic E-state index is 0.313. The van der Waals surface area contributed by atoms with Crippen molar-refractivity contribution in [3.05, 3.63) is 59.9 Å². The van der Waals surface area contributed by atoms with Crippen LogP contribution in [0.1, 0.15) is 17.7 Å². The molecule has 0 N–H and O–H groups in total. The van der Waals surface area contributed by atoms with E-state index in [9.17, 15) is 0 Å². The van der Waals surface area contributed by atoms with Crippen molar-refractivity contribution in [1.82, 2.24) is 4.57 Å². The molecule has 1 aromatic heterocycles. The van der Waals surface area contributed by atoms with E-state index in [4.69, 9.17) is 9.73 Å². The van der Waals surface area contributed by atoms with E-state index in [1.807, 2.05) is 17.8 Å². The number of aromatic nitrogens is 1. The minimum atomic E-state index is 0.313. The Morgan fingerprint density at radius 1 is 1.24 bits per heavy atom. The summed E-state index contributed by atoms with van der Waals surface area (Å²) in [7, 11) is 0. The predicted molar refractivity (Wildman–Crippen MR) is 89.3 cm³/mol. The van der Waals surface area contributed by atoms with Gasteiger partial charge in [0, 0.05) is 12.7 Å². The first-order chi connectivity index (χ1) is 10.4. The Hall–Kier alpha value is -1.68. The molecule has 0 saturated carbocycles. The van der Waals surface area contributed by atoms with Gasteiger partial charge >= 0.3 is 0 Å². The average molecular weight is 300 g/mol. The number of hydrogen-bond acceptors (Lipinski definition) is 3. The highest BCUT2D eigenvalue weighted by Gasteiger charge is 2.21. The summed E-state index contributed by atoms with van der Waals surface area (Å²) in [6.07, 6.45) is 5.30. The van der Waals surface area contributed by atoms with Gasteiger partial charge in [0.2, 0.25) is 5.90 Å². The zero-order valence-electron chi connectivity index (χ0n) is 12.2. The Morgan fingerprint density at radius 3 is 2.90 bits per heavy atom. The average Bonchev–Trinajstić information content (AvgIpc) is 3.15. The molecule has 0 amide bonds. The fourth-order valence-electron chi connectivity index (χ4n) is 2.48. The zero-order valence-corrected chi connectivity index (χ0v) is 13.1. The third-order valence-corrected chi connectivity index (χ3v) is 4.26. The molecule has 0 radical (unpaired) electrons.